The van der Waals surface area contributed by atoms with E-state index in [1.807, 2.05) is 0 Å². The molecule has 64 valence electrons. The SMILES string of the molecule is C=C(C=O)C(C)(O)C(F)(F)F. The van der Waals surface area contributed by atoms with Crippen molar-refractivity contribution in [2.75, 3.05) is 0 Å². The van der Waals surface area contributed by atoms with E-state index < -0.39 is 17.4 Å². The predicted octanol–water partition coefficient (Wildman–Crippen LogP) is 1.05. The standard InChI is InChI=1S/C6H7F3O2/c1-4(3-10)5(2,11)6(7,8)9/h3,11H,1H2,2H3. The molecule has 0 aromatic rings. The molecule has 0 spiro atoms. The zero-order valence-electron chi connectivity index (χ0n) is 5.77. The molecule has 0 aromatic carbocycles. The minimum atomic E-state index is -4.86. The van der Waals surface area contributed by atoms with Crippen molar-refractivity contribution in [2.24, 2.45) is 0 Å². The summed E-state index contributed by atoms with van der Waals surface area (Å²) >= 11 is 0. The van der Waals surface area contributed by atoms with Gasteiger partial charge in [0.25, 0.3) is 0 Å². The molecule has 0 fully saturated rings. The quantitative estimate of drug-likeness (QED) is 0.494. The van der Waals surface area contributed by atoms with Crippen LogP contribution in [-0.2, 0) is 4.79 Å². The van der Waals surface area contributed by atoms with Crippen molar-refractivity contribution in [3.05, 3.63) is 12.2 Å². The van der Waals surface area contributed by atoms with E-state index in [1.54, 1.807) is 0 Å². The molecule has 0 rings (SSSR count). The third-order valence-corrected chi connectivity index (χ3v) is 1.32. The van der Waals surface area contributed by atoms with Gasteiger partial charge in [-0.05, 0) is 6.92 Å². The van der Waals surface area contributed by atoms with E-state index in [9.17, 15) is 18.0 Å². The normalized spacial score (nSPS) is 17.2. The van der Waals surface area contributed by atoms with Crippen molar-refractivity contribution in [3.63, 3.8) is 0 Å². The Morgan fingerprint density at radius 3 is 2.00 bits per heavy atom. The van der Waals surface area contributed by atoms with E-state index >= 15 is 0 Å². The lowest BCUT2D eigenvalue weighted by atomic mass is 9.98. The number of rotatable bonds is 2. The highest BCUT2D eigenvalue weighted by Crippen LogP contribution is 2.33. The number of hydrogen-bond donors (Lipinski definition) is 1. The highest BCUT2D eigenvalue weighted by Gasteiger charge is 2.51. The lowest BCUT2D eigenvalue weighted by Gasteiger charge is -2.25. The smallest absolute Gasteiger partial charge is 0.376 e. The van der Waals surface area contributed by atoms with Gasteiger partial charge in [0, 0.05) is 5.57 Å². The van der Waals surface area contributed by atoms with Gasteiger partial charge in [-0.2, -0.15) is 13.2 Å². The molecule has 0 saturated heterocycles. The third kappa shape index (κ3) is 1.80. The molecule has 1 N–H and O–H groups in total. The van der Waals surface area contributed by atoms with Gasteiger partial charge in [-0.3, -0.25) is 4.79 Å². The van der Waals surface area contributed by atoms with Gasteiger partial charge < -0.3 is 5.11 Å². The van der Waals surface area contributed by atoms with Crippen LogP contribution in [0.25, 0.3) is 0 Å². The molecule has 1 atom stereocenters. The minimum absolute atomic E-state index is 0.118. The lowest BCUT2D eigenvalue weighted by molar-refractivity contribution is -0.236. The van der Waals surface area contributed by atoms with Gasteiger partial charge in [0.05, 0.1) is 0 Å². The number of hydrogen-bond acceptors (Lipinski definition) is 2. The van der Waals surface area contributed by atoms with Gasteiger partial charge in [-0.25, -0.2) is 0 Å². The van der Waals surface area contributed by atoms with E-state index in [2.05, 4.69) is 6.58 Å². The molecule has 0 aliphatic heterocycles. The summed E-state index contributed by atoms with van der Waals surface area (Å²) in [5.74, 6) is 0. The van der Waals surface area contributed by atoms with E-state index in [0.29, 0.717) is 6.92 Å². The van der Waals surface area contributed by atoms with Crippen molar-refractivity contribution in [1.29, 1.82) is 0 Å². The van der Waals surface area contributed by atoms with E-state index in [-0.39, 0.29) is 6.29 Å². The van der Waals surface area contributed by atoms with Crippen LogP contribution in [0.1, 0.15) is 6.92 Å². The fourth-order valence-electron chi connectivity index (χ4n) is 0.297. The maximum atomic E-state index is 11.8. The summed E-state index contributed by atoms with van der Waals surface area (Å²) in [7, 11) is 0. The van der Waals surface area contributed by atoms with E-state index in [1.165, 1.54) is 0 Å². The Balaban J connectivity index is 4.73. The Bertz CT molecular complexity index is 181. The lowest BCUT2D eigenvalue weighted by Crippen LogP contribution is -2.43. The second kappa shape index (κ2) is 2.65. The fourth-order valence-corrected chi connectivity index (χ4v) is 0.297. The van der Waals surface area contributed by atoms with Gasteiger partial charge in [0.2, 0.25) is 0 Å². The monoisotopic (exact) mass is 168 g/mol. The van der Waals surface area contributed by atoms with Gasteiger partial charge in [-0.15, -0.1) is 0 Å². The maximum absolute atomic E-state index is 11.8. The first-order valence-electron chi connectivity index (χ1n) is 2.67. The summed E-state index contributed by atoms with van der Waals surface area (Å²) in [6.07, 6.45) is -4.97. The summed E-state index contributed by atoms with van der Waals surface area (Å²) in [4.78, 5) is 9.84. The van der Waals surface area contributed by atoms with Crippen molar-refractivity contribution in [1.82, 2.24) is 0 Å². The Morgan fingerprint density at radius 2 is 1.91 bits per heavy atom. The molecule has 0 saturated carbocycles. The van der Waals surface area contributed by atoms with Crippen molar-refractivity contribution >= 4 is 6.29 Å². The van der Waals surface area contributed by atoms with Crippen LogP contribution < -0.4 is 0 Å². The molecule has 0 aromatic heterocycles. The molecule has 0 amide bonds. The highest BCUT2D eigenvalue weighted by atomic mass is 19.4. The number of carbonyl (C=O) groups excluding carboxylic acids is 1. The van der Waals surface area contributed by atoms with Crippen LogP contribution in [0, 0.1) is 0 Å². The van der Waals surface area contributed by atoms with Crippen LogP contribution in [0.15, 0.2) is 12.2 Å². The highest BCUT2D eigenvalue weighted by molar-refractivity contribution is 5.75. The number of carbonyl (C=O) groups is 1. The molecule has 0 radical (unpaired) electrons. The second-order valence-corrected chi connectivity index (χ2v) is 2.21. The molecule has 2 nitrogen and oxygen atoms in total. The molecule has 1 unspecified atom stereocenters. The van der Waals surface area contributed by atoms with Crippen LogP contribution in [0.2, 0.25) is 0 Å². The second-order valence-electron chi connectivity index (χ2n) is 2.21. The fraction of sp³-hybridized carbons (Fsp3) is 0.500. The molecule has 0 aliphatic rings. The first-order chi connectivity index (χ1) is 4.73. The first-order valence-corrected chi connectivity index (χ1v) is 2.67. The van der Waals surface area contributed by atoms with Gasteiger partial charge in [-0.1, -0.05) is 6.58 Å². The van der Waals surface area contributed by atoms with Gasteiger partial charge >= 0.3 is 6.18 Å². The van der Waals surface area contributed by atoms with Crippen LogP contribution in [0.5, 0.6) is 0 Å². The van der Waals surface area contributed by atoms with Crippen LogP contribution >= 0.6 is 0 Å². The largest absolute Gasteiger partial charge is 0.421 e. The van der Waals surface area contributed by atoms with Crippen LogP contribution in [0.3, 0.4) is 0 Å². The molecule has 0 aliphatic carbocycles. The van der Waals surface area contributed by atoms with Gasteiger partial charge in [0.15, 0.2) is 5.60 Å². The molecule has 11 heavy (non-hydrogen) atoms. The first kappa shape index (κ1) is 10.2. The van der Waals surface area contributed by atoms with E-state index in [4.69, 9.17) is 5.11 Å². The number of alkyl halides is 3. The minimum Gasteiger partial charge on any atom is -0.376 e. The number of aliphatic hydroxyl groups is 1. The molecule has 0 heterocycles. The molecule has 0 bridgehead atoms. The topological polar surface area (TPSA) is 37.3 Å². The summed E-state index contributed by atoms with van der Waals surface area (Å²) < 4.78 is 35.4. The average molecular weight is 168 g/mol. The van der Waals surface area contributed by atoms with Crippen molar-refractivity contribution in [3.8, 4) is 0 Å². The van der Waals surface area contributed by atoms with Crippen LogP contribution in [0.4, 0.5) is 13.2 Å². The molecular weight excluding hydrogens is 161 g/mol. The zero-order valence-corrected chi connectivity index (χ0v) is 5.77. The molecular formula is C6H7F3O2. The summed E-state index contributed by atoms with van der Waals surface area (Å²) in [6, 6.07) is 0. The van der Waals surface area contributed by atoms with E-state index in [0.717, 1.165) is 0 Å². The Kier molecular flexibility index (Phi) is 2.45. The van der Waals surface area contributed by atoms with Crippen molar-refractivity contribution < 1.29 is 23.1 Å². The van der Waals surface area contributed by atoms with Crippen LogP contribution in [-0.4, -0.2) is 23.2 Å². The maximum Gasteiger partial charge on any atom is 0.421 e. The summed E-state index contributed by atoms with van der Waals surface area (Å²) in [5, 5.41) is 8.66. The zero-order chi connectivity index (χ0) is 9.28. The predicted molar refractivity (Wildman–Crippen MR) is 31.9 cm³/mol. The summed E-state index contributed by atoms with van der Waals surface area (Å²) in [6.45, 7) is 3.25. The summed E-state index contributed by atoms with van der Waals surface area (Å²) in [5.41, 5.74) is -4.01. The number of aldehydes is 1. The third-order valence-electron chi connectivity index (χ3n) is 1.32. The molecule has 5 heteroatoms. The Labute approximate surface area is 61.3 Å². The average Bonchev–Trinajstić information content (AvgIpc) is 1.83. The van der Waals surface area contributed by atoms with Crippen molar-refractivity contribution in [2.45, 2.75) is 18.7 Å². The van der Waals surface area contributed by atoms with Gasteiger partial charge in [0.1, 0.15) is 6.29 Å². The Morgan fingerprint density at radius 1 is 1.55 bits per heavy atom. The Hall–Kier alpha value is -0.840. The number of halogens is 3.